The molecular formula is C20H18N2O3. The van der Waals surface area contributed by atoms with Crippen molar-refractivity contribution >= 4 is 22.9 Å². The van der Waals surface area contributed by atoms with Crippen LogP contribution in [0.2, 0.25) is 0 Å². The Balaban J connectivity index is 1.59. The molecule has 0 unspecified atom stereocenters. The van der Waals surface area contributed by atoms with Gasteiger partial charge in [-0.3, -0.25) is 4.79 Å². The van der Waals surface area contributed by atoms with Crippen molar-refractivity contribution in [1.29, 1.82) is 0 Å². The van der Waals surface area contributed by atoms with Crippen molar-refractivity contribution in [3.63, 3.8) is 0 Å². The average Bonchev–Trinajstić information content (AvgIpc) is 2.66. The maximum Gasteiger partial charge on any atom is 0.277 e. The Labute approximate surface area is 145 Å². The fourth-order valence-corrected chi connectivity index (χ4v) is 2.44. The predicted octanol–water partition coefficient (Wildman–Crippen LogP) is 3.38. The van der Waals surface area contributed by atoms with Gasteiger partial charge in [-0.25, -0.2) is 5.43 Å². The van der Waals surface area contributed by atoms with Gasteiger partial charge in [0.15, 0.2) is 6.61 Å². The van der Waals surface area contributed by atoms with Crippen LogP contribution in [0, 0.1) is 0 Å². The van der Waals surface area contributed by atoms with Gasteiger partial charge in [-0.2, -0.15) is 5.10 Å². The zero-order valence-corrected chi connectivity index (χ0v) is 13.8. The molecule has 25 heavy (non-hydrogen) atoms. The first-order valence-corrected chi connectivity index (χ1v) is 7.83. The monoisotopic (exact) mass is 334 g/mol. The second kappa shape index (κ2) is 7.97. The van der Waals surface area contributed by atoms with Gasteiger partial charge in [-0.15, -0.1) is 0 Å². The van der Waals surface area contributed by atoms with E-state index in [0.29, 0.717) is 11.5 Å². The number of hydrogen-bond donors (Lipinski definition) is 1. The highest BCUT2D eigenvalue weighted by Gasteiger charge is 2.05. The molecule has 1 amide bonds. The SMILES string of the molecule is COc1ccccc1C=NNC(=O)COc1cccc2ccccc12. The summed E-state index contributed by atoms with van der Waals surface area (Å²) >= 11 is 0. The van der Waals surface area contributed by atoms with Gasteiger partial charge < -0.3 is 9.47 Å². The minimum absolute atomic E-state index is 0.114. The Kier molecular flexibility index (Phi) is 5.26. The van der Waals surface area contributed by atoms with Gasteiger partial charge in [0.2, 0.25) is 0 Å². The van der Waals surface area contributed by atoms with E-state index in [1.54, 1.807) is 7.11 Å². The molecule has 5 heteroatoms. The van der Waals surface area contributed by atoms with Crippen LogP contribution in [0.5, 0.6) is 11.5 Å². The molecule has 0 atom stereocenters. The van der Waals surface area contributed by atoms with Crippen molar-refractivity contribution in [2.45, 2.75) is 0 Å². The fraction of sp³-hybridized carbons (Fsp3) is 0.100. The number of benzene rings is 3. The third-order valence-electron chi connectivity index (χ3n) is 3.64. The highest BCUT2D eigenvalue weighted by molar-refractivity contribution is 5.89. The van der Waals surface area contributed by atoms with Crippen LogP contribution in [-0.4, -0.2) is 25.8 Å². The van der Waals surface area contributed by atoms with Crippen LogP contribution in [-0.2, 0) is 4.79 Å². The molecule has 126 valence electrons. The largest absolute Gasteiger partial charge is 0.496 e. The number of carbonyl (C=O) groups excluding carboxylic acids is 1. The quantitative estimate of drug-likeness (QED) is 0.555. The first-order chi connectivity index (χ1) is 12.3. The highest BCUT2D eigenvalue weighted by atomic mass is 16.5. The number of hydrogen-bond acceptors (Lipinski definition) is 4. The van der Waals surface area contributed by atoms with Crippen LogP contribution in [0.4, 0.5) is 0 Å². The van der Waals surface area contributed by atoms with Crippen molar-refractivity contribution in [3.05, 3.63) is 72.3 Å². The maximum atomic E-state index is 11.9. The van der Waals surface area contributed by atoms with Crippen LogP contribution in [0.25, 0.3) is 10.8 Å². The Morgan fingerprint density at radius 2 is 1.72 bits per heavy atom. The van der Waals surface area contributed by atoms with E-state index < -0.39 is 0 Å². The Morgan fingerprint density at radius 3 is 2.60 bits per heavy atom. The molecule has 0 heterocycles. The van der Waals surface area contributed by atoms with Crippen LogP contribution in [0.3, 0.4) is 0 Å². The van der Waals surface area contributed by atoms with E-state index >= 15 is 0 Å². The first-order valence-electron chi connectivity index (χ1n) is 7.83. The molecule has 0 aliphatic heterocycles. The summed E-state index contributed by atoms with van der Waals surface area (Å²) in [6.07, 6.45) is 1.54. The maximum absolute atomic E-state index is 11.9. The third kappa shape index (κ3) is 4.14. The number of carbonyl (C=O) groups is 1. The molecule has 3 rings (SSSR count). The van der Waals surface area contributed by atoms with E-state index in [1.807, 2.05) is 66.7 Å². The zero-order valence-electron chi connectivity index (χ0n) is 13.8. The molecule has 3 aromatic rings. The van der Waals surface area contributed by atoms with E-state index in [9.17, 15) is 4.79 Å². The van der Waals surface area contributed by atoms with Gasteiger partial charge in [-0.1, -0.05) is 48.5 Å². The van der Waals surface area contributed by atoms with Gasteiger partial charge in [0.25, 0.3) is 5.91 Å². The summed E-state index contributed by atoms with van der Waals surface area (Å²) in [6, 6.07) is 21.0. The van der Waals surface area contributed by atoms with E-state index in [1.165, 1.54) is 6.21 Å². The molecule has 0 saturated heterocycles. The number of amides is 1. The van der Waals surface area contributed by atoms with Crippen molar-refractivity contribution in [1.82, 2.24) is 5.43 Å². The molecule has 0 radical (unpaired) electrons. The second-order valence-electron chi connectivity index (χ2n) is 5.30. The summed E-state index contributed by atoms with van der Waals surface area (Å²) in [7, 11) is 1.59. The minimum Gasteiger partial charge on any atom is -0.496 e. The fourth-order valence-electron chi connectivity index (χ4n) is 2.44. The van der Waals surface area contributed by atoms with Gasteiger partial charge >= 0.3 is 0 Å². The predicted molar refractivity (Wildman–Crippen MR) is 98.2 cm³/mol. The Hall–Kier alpha value is -3.34. The lowest BCUT2D eigenvalue weighted by Crippen LogP contribution is -2.24. The lowest BCUT2D eigenvalue weighted by atomic mass is 10.1. The summed E-state index contributed by atoms with van der Waals surface area (Å²) < 4.78 is 10.8. The number of fused-ring (bicyclic) bond motifs is 1. The highest BCUT2D eigenvalue weighted by Crippen LogP contribution is 2.24. The van der Waals surface area contributed by atoms with Crippen LogP contribution in [0.1, 0.15) is 5.56 Å². The standard InChI is InChI=1S/C20H18N2O3/c1-24-18-11-5-3-8-16(18)13-21-22-20(23)14-25-19-12-6-9-15-7-2-4-10-17(15)19/h2-13H,14H2,1H3,(H,22,23). The summed E-state index contributed by atoms with van der Waals surface area (Å²) in [5.74, 6) is 1.02. The molecule has 5 nitrogen and oxygen atoms in total. The topological polar surface area (TPSA) is 59.9 Å². The summed E-state index contributed by atoms with van der Waals surface area (Å²) in [4.78, 5) is 11.9. The van der Waals surface area contributed by atoms with Gasteiger partial charge in [0.1, 0.15) is 11.5 Å². The molecule has 0 saturated carbocycles. The molecule has 3 aromatic carbocycles. The Bertz CT molecular complexity index is 901. The minimum atomic E-state index is -0.334. The number of nitrogens with zero attached hydrogens (tertiary/aromatic N) is 1. The zero-order chi connectivity index (χ0) is 17.5. The van der Waals surface area contributed by atoms with Crippen molar-refractivity contribution in [2.75, 3.05) is 13.7 Å². The van der Waals surface area contributed by atoms with Crippen LogP contribution in [0.15, 0.2) is 71.8 Å². The van der Waals surface area contributed by atoms with Gasteiger partial charge in [0.05, 0.1) is 13.3 Å². The van der Waals surface area contributed by atoms with Crippen LogP contribution >= 0.6 is 0 Å². The molecule has 0 aliphatic carbocycles. The van der Waals surface area contributed by atoms with Crippen molar-refractivity contribution in [2.24, 2.45) is 5.10 Å². The molecule has 0 bridgehead atoms. The lowest BCUT2D eigenvalue weighted by molar-refractivity contribution is -0.123. The molecule has 1 N–H and O–H groups in total. The number of methoxy groups -OCH3 is 1. The molecule has 0 aromatic heterocycles. The van der Waals surface area contributed by atoms with Gasteiger partial charge in [0, 0.05) is 10.9 Å². The molecule has 0 aliphatic rings. The van der Waals surface area contributed by atoms with Crippen LogP contribution < -0.4 is 14.9 Å². The number of ether oxygens (including phenoxy) is 2. The third-order valence-corrected chi connectivity index (χ3v) is 3.64. The summed E-state index contributed by atoms with van der Waals surface area (Å²) in [5, 5.41) is 5.97. The molecular weight excluding hydrogens is 316 g/mol. The number of hydrazone groups is 1. The lowest BCUT2D eigenvalue weighted by Gasteiger charge is -2.08. The van der Waals surface area contributed by atoms with E-state index in [-0.39, 0.29) is 12.5 Å². The Morgan fingerprint density at radius 1 is 1.00 bits per heavy atom. The molecule has 0 spiro atoms. The first kappa shape index (κ1) is 16.5. The summed E-state index contributed by atoms with van der Waals surface area (Å²) in [5.41, 5.74) is 3.23. The smallest absolute Gasteiger partial charge is 0.277 e. The second-order valence-corrected chi connectivity index (χ2v) is 5.30. The van der Waals surface area contributed by atoms with E-state index in [4.69, 9.17) is 9.47 Å². The van der Waals surface area contributed by atoms with Gasteiger partial charge in [-0.05, 0) is 23.6 Å². The van der Waals surface area contributed by atoms with Crippen molar-refractivity contribution < 1.29 is 14.3 Å². The summed E-state index contributed by atoms with van der Waals surface area (Å²) in [6.45, 7) is -0.114. The van der Waals surface area contributed by atoms with Crippen molar-refractivity contribution in [3.8, 4) is 11.5 Å². The van der Waals surface area contributed by atoms with E-state index in [0.717, 1.165) is 16.3 Å². The number of rotatable bonds is 6. The normalized spacial score (nSPS) is 10.8. The molecule has 0 fully saturated rings. The number of para-hydroxylation sites is 1. The van der Waals surface area contributed by atoms with E-state index in [2.05, 4.69) is 10.5 Å². The average molecular weight is 334 g/mol. The number of nitrogens with one attached hydrogen (secondary N) is 1.